The largest absolute Gasteiger partial charge is 0.466 e. The topological polar surface area (TPSA) is 67.4 Å². The fourth-order valence-electron chi connectivity index (χ4n) is 2.89. The Balaban J connectivity index is 2.21. The van der Waals surface area contributed by atoms with Crippen molar-refractivity contribution >= 4 is 34.3 Å². The Morgan fingerprint density at radius 1 is 1.42 bits per heavy atom. The van der Waals surface area contributed by atoms with Crippen molar-refractivity contribution < 1.29 is 9.53 Å². The third kappa shape index (κ3) is 2.59. The molecule has 6 heteroatoms. The van der Waals surface area contributed by atoms with Crippen LogP contribution in [0, 0.1) is 18.3 Å². The second kappa shape index (κ2) is 6.50. The minimum atomic E-state index is -0.276. The third-order valence-electron chi connectivity index (χ3n) is 4.05. The van der Waals surface area contributed by atoms with Crippen LogP contribution in [0.15, 0.2) is 24.3 Å². The molecule has 0 radical (unpaired) electrons. The van der Waals surface area contributed by atoms with Crippen molar-refractivity contribution in [1.82, 2.24) is 9.38 Å². The summed E-state index contributed by atoms with van der Waals surface area (Å²) in [6, 6.07) is 9.81. The summed E-state index contributed by atoms with van der Waals surface area (Å²) in [6.45, 7) is 3.96. The molecule has 0 fully saturated rings. The summed E-state index contributed by atoms with van der Waals surface area (Å²) in [4.78, 5) is 16.2. The maximum absolute atomic E-state index is 11.7. The van der Waals surface area contributed by atoms with E-state index in [1.165, 1.54) is 0 Å². The van der Waals surface area contributed by atoms with Crippen LogP contribution in [0.4, 0.5) is 0 Å². The summed E-state index contributed by atoms with van der Waals surface area (Å²) in [5, 5.41) is 10.1. The van der Waals surface area contributed by atoms with Crippen LogP contribution in [-0.4, -0.2) is 22.0 Å². The number of benzene rings is 1. The number of pyridine rings is 1. The lowest BCUT2D eigenvalue weighted by atomic mass is 10.0. The average molecular weight is 342 g/mol. The molecule has 3 aromatic rings. The highest BCUT2D eigenvalue weighted by Gasteiger charge is 2.20. The van der Waals surface area contributed by atoms with Gasteiger partial charge in [0.2, 0.25) is 0 Å². The quantitative estimate of drug-likeness (QED) is 0.534. The first kappa shape index (κ1) is 16.3. The molecule has 0 aliphatic heterocycles. The molecular weight excluding hydrogens is 326 g/mol. The molecule has 24 heavy (non-hydrogen) atoms. The van der Waals surface area contributed by atoms with E-state index >= 15 is 0 Å². The number of fused-ring (bicyclic) bond motifs is 3. The average Bonchev–Trinajstić information content (AvgIpc) is 2.94. The maximum Gasteiger partial charge on any atom is 0.306 e. The van der Waals surface area contributed by atoms with Gasteiger partial charge in [0.1, 0.15) is 11.2 Å². The number of rotatable bonds is 4. The van der Waals surface area contributed by atoms with Crippen LogP contribution >= 0.6 is 11.6 Å². The lowest BCUT2D eigenvalue weighted by Gasteiger charge is -2.13. The van der Waals surface area contributed by atoms with Crippen LogP contribution in [0.3, 0.4) is 0 Å². The van der Waals surface area contributed by atoms with Gasteiger partial charge in [0.15, 0.2) is 5.65 Å². The zero-order valence-corrected chi connectivity index (χ0v) is 14.2. The second-order valence-electron chi connectivity index (χ2n) is 5.45. The fourth-order valence-corrected chi connectivity index (χ4v) is 3.29. The highest BCUT2D eigenvalue weighted by Crippen LogP contribution is 2.31. The first-order valence-electron chi connectivity index (χ1n) is 7.72. The van der Waals surface area contributed by atoms with E-state index in [4.69, 9.17) is 16.3 Å². The number of para-hydroxylation sites is 2. The maximum atomic E-state index is 11.7. The highest BCUT2D eigenvalue weighted by molar-refractivity contribution is 6.31. The molecule has 0 atom stereocenters. The molecule has 0 saturated carbocycles. The number of hydrogen-bond donors (Lipinski definition) is 0. The predicted octanol–water partition coefficient (Wildman–Crippen LogP) is 3.82. The molecule has 2 heterocycles. The molecule has 0 amide bonds. The number of carbonyl (C=O) groups excluding carboxylic acids is 1. The van der Waals surface area contributed by atoms with Gasteiger partial charge in [0, 0.05) is 6.42 Å². The molecule has 0 N–H and O–H groups in total. The Kier molecular flexibility index (Phi) is 4.41. The van der Waals surface area contributed by atoms with Crippen LogP contribution in [0.25, 0.3) is 16.7 Å². The summed E-state index contributed by atoms with van der Waals surface area (Å²) in [5.74, 6) is -0.276. The molecule has 0 aliphatic carbocycles. The lowest BCUT2D eigenvalue weighted by molar-refractivity contribution is -0.143. The highest BCUT2D eigenvalue weighted by atomic mass is 35.5. The third-order valence-corrected chi connectivity index (χ3v) is 4.45. The number of hydrogen-bond acceptors (Lipinski definition) is 4. The van der Waals surface area contributed by atoms with Crippen molar-refractivity contribution in [2.75, 3.05) is 6.61 Å². The predicted molar refractivity (Wildman–Crippen MR) is 92.1 cm³/mol. The molecule has 3 rings (SSSR count). The van der Waals surface area contributed by atoms with Gasteiger partial charge in [0.05, 0.1) is 23.2 Å². The Bertz CT molecular complexity index is 985. The summed E-state index contributed by atoms with van der Waals surface area (Å²) in [5.41, 5.74) is 4.17. The van der Waals surface area contributed by atoms with Crippen LogP contribution < -0.4 is 0 Å². The zero-order valence-electron chi connectivity index (χ0n) is 13.5. The van der Waals surface area contributed by atoms with E-state index in [1.807, 2.05) is 31.2 Å². The van der Waals surface area contributed by atoms with E-state index in [2.05, 4.69) is 11.1 Å². The van der Waals surface area contributed by atoms with Crippen molar-refractivity contribution in [2.24, 2.45) is 0 Å². The molecule has 0 unspecified atom stereocenters. The molecule has 0 bridgehead atoms. The van der Waals surface area contributed by atoms with E-state index in [-0.39, 0.29) is 12.4 Å². The van der Waals surface area contributed by atoms with Crippen LogP contribution in [-0.2, 0) is 16.0 Å². The molecule has 1 aromatic carbocycles. The van der Waals surface area contributed by atoms with Crippen molar-refractivity contribution in [1.29, 1.82) is 5.26 Å². The van der Waals surface area contributed by atoms with E-state index in [0.717, 1.165) is 22.2 Å². The van der Waals surface area contributed by atoms with E-state index < -0.39 is 0 Å². The number of carbonyl (C=O) groups is 1. The van der Waals surface area contributed by atoms with Gasteiger partial charge in [-0.1, -0.05) is 23.7 Å². The van der Waals surface area contributed by atoms with Gasteiger partial charge in [-0.05, 0) is 43.5 Å². The van der Waals surface area contributed by atoms with Gasteiger partial charge in [-0.3, -0.25) is 9.20 Å². The normalized spacial score (nSPS) is 10.9. The van der Waals surface area contributed by atoms with Crippen LogP contribution in [0.5, 0.6) is 0 Å². The minimum absolute atomic E-state index is 0.220. The molecule has 122 valence electrons. The number of esters is 1. The molecule has 0 spiro atoms. The molecule has 5 nitrogen and oxygen atoms in total. The summed E-state index contributed by atoms with van der Waals surface area (Å²) in [7, 11) is 0. The molecule has 2 aromatic heterocycles. The van der Waals surface area contributed by atoms with Crippen molar-refractivity contribution in [2.45, 2.75) is 26.7 Å². The lowest BCUT2D eigenvalue weighted by Crippen LogP contribution is -2.08. The number of imidazole rings is 1. The van der Waals surface area contributed by atoms with Gasteiger partial charge < -0.3 is 4.74 Å². The first-order valence-corrected chi connectivity index (χ1v) is 8.10. The Labute approximate surface area is 144 Å². The number of halogens is 1. The summed E-state index contributed by atoms with van der Waals surface area (Å²) >= 11 is 6.62. The first-order chi connectivity index (χ1) is 11.6. The number of nitriles is 1. The van der Waals surface area contributed by atoms with Gasteiger partial charge in [-0.25, -0.2) is 4.98 Å². The van der Waals surface area contributed by atoms with Crippen molar-refractivity contribution in [3.63, 3.8) is 0 Å². The van der Waals surface area contributed by atoms with Gasteiger partial charge >= 0.3 is 5.97 Å². The van der Waals surface area contributed by atoms with Gasteiger partial charge in [-0.2, -0.15) is 5.26 Å². The smallest absolute Gasteiger partial charge is 0.306 e. The second-order valence-corrected chi connectivity index (χ2v) is 5.80. The number of nitrogens with zero attached hydrogens (tertiary/aromatic N) is 3. The summed E-state index contributed by atoms with van der Waals surface area (Å²) < 4.78 is 6.76. The van der Waals surface area contributed by atoms with E-state index in [9.17, 15) is 10.1 Å². The van der Waals surface area contributed by atoms with Gasteiger partial charge in [0.25, 0.3) is 0 Å². The summed E-state index contributed by atoms with van der Waals surface area (Å²) in [6.07, 6.45) is 0.637. The fraction of sp³-hybridized carbons (Fsp3) is 0.278. The molecule has 0 aliphatic rings. The number of ether oxygens (including phenoxy) is 1. The zero-order chi connectivity index (χ0) is 17.3. The molecular formula is C18H16ClN3O2. The van der Waals surface area contributed by atoms with E-state index in [1.54, 1.807) is 11.3 Å². The number of aromatic nitrogens is 2. The standard InChI is InChI=1S/C18H16ClN3O2/c1-3-24-16(23)9-8-12-11(2)13(10-20)18-21-14-6-4-5-7-15(14)22(18)17(12)19/h4-7H,3,8-9H2,1-2H3. The van der Waals surface area contributed by atoms with Crippen molar-refractivity contribution in [3.05, 3.63) is 46.1 Å². The monoisotopic (exact) mass is 341 g/mol. The minimum Gasteiger partial charge on any atom is -0.466 e. The Hall–Kier alpha value is -2.58. The SMILES string of the molecule is CCOC(=O)CCc1c(C)c(C#N)c2nc3ccccc3n2c1Cl. The Morgan fingerprint density at radius 3 is 2.88 bits per heavy atom. The van der Waals surface area contributed by atoms with Crippen molar-refractivity contribution in [3.8, 4) is 6.07 Å². The van der Waals surface area contributed by atoms with Crippen LogP contribution in [0.1, 0.15) is 30.0 Å². The van der Waals surface area contributed by atoms with Gasteiger partial charge in [-0.15, -0.1) is 0 Å². The van der Waals surface area contributed by atoms with E-state index in [0.29, 0.717) is 29.4 Å². The Morgan fingerprint density at radius 2 is 2.17 bits per heavy atom. The van der Waals surface area contributed by atoms with Crippen LogP contribution in [0.2, 0.25) is 5.15 Å². The molecule has 0 saturated heterocycles.